The first kappa shape index (κ1) is 16.2. The Kier molecular flexibility index (Phi) is 4.94. The molecule has 3 N–H and O–H groups in total. The van der Waals surface area contributed by atoms with Gasteiger partial charge >= 0.3 is 5.97 Å². The minimum atomic E-state index is -1.64. The summed E-state index contributed by atoms with van der Waals surface area (Å²) in [7, 11) is 2.80. The van der Waals surface area contributed by atoms with E-state index in [1.54, 1.807) is 0 Å². The molecule has 112 valence electrons. The van der Waals surface area contributed by atoms with Gasteiger partial charge in [-0.3, -0.25) is 4.79 Å². The number of rotatable bonds is 6. The van der Waals surface area contributed by atoms with Crippen LogP contribution < -0.4 is 15.2 Å². The van der Waals surface area contributed by atoms with Crippen molar-refractivity contribution in [1.29, 1.82) is 0 Å². The smallest absolute Gasteiger partial charge is 0.312 e. The van der Waals surface area contributed by atoms with Gasteiger partial charge in [-0.2, -0.15) is 0 Å². The molecule has 0 amide bonds. The zero-order valence-electron chi connectivity index (χ0n) is 12.1. The summed E-state index contributed by atoms with van der Waals surface area (Å²) in [5, 5.41) is 9.19. The number of halogens is 1. The summed E-state index contributed by atoms with van der Waals surface area (Å²) in [6.07, 6.45) is 0. The number of hydrogen-bond acceptors (Lipinski definition) is 4. The number of hydrogen-bond donors (Lipinski definition) is 2. The highest BCUT2D eigenvalue weighted by Gasteiger charge is 2.29. The van der Waals surface area contributed by atoms with Crippen LogP contribution in [0.2, 0.25) is 0 Å². The standard InChI is InChI=1S/C14H20FNO4/c1-14(2,15)10-6-11(19-3)8(5-12(10)20-4)9(7-16)13(17)18/h5-6,9H,7,16H2,1-4H3,(H,17,18). The minimum Gasteiger partial charge on any atom is -0.496 e. The van der Waals surface area contributed by atoms with Crippen molar-refractivity contribution in [2.24, 2.45) is 5.73 Å². The second kappa shape index (κ2) is 6.09. The topological polar surface area (TPSA) is 81.8 Å². The van der Waals surface area contributed by atoms with Gasteiger partial charge in [-0.1, -0.05) is 0 Å². The average molecular weight is 285 g/mol. The SMILES string of the molecule is COc1cc(C(C)(C)F)c(OC)cc1C(CN)C(=O)O. The molecule has 1 atom stereocenters. The third kappa shape index (κ3) is 3.19. The lowest BCUT2D eigenvalue weighted by Crippen LogP contribution is -2.22. The van der Waals surface area contributed by atoms with Crippen LogP contribution >= 0.6 is 0 Å². The molecule has 0 saturated heterocycles. The fraction of sp³-hybridized carbons (Fsp3) is 0.500. The number of carboxylic acids is 1. The summed E-state index contributed by atoms with van der Waals surface area (Å²) < 4.78 is 24.5. The highest BCUT2D eigenvalue weighted by molar-refractivity contribution is 5.78. The van der Waals surface area contributed by atoms with Crippen LogP contribution in [0.15, 0.2) is 12.1 Å². The molecule has 1 aromatic rings. The fourth-order valence-electron chi connectivity index (χ4n) is 2.02. The predicted octanol–water partition coefficient (Wildman–Crippen LogP) is 2.04. The van der Waals surface area contributed by atoms with Gasteiger partial charge in [0.25, 0.3) is 0 Å². The zero-order chi connectivity index (χ0) is 15.5. The number of aliphatic carboxylic acids is 1. The van der Waals surface area contributed by atoms with Gasteiger partial charge in [0.05, 0.1) is 20.1 Å². The van der Waals surface area contributed by atoms with Crippen LogP contribution in [0.1, 0.15) is 30.9 Å². The maximum Gasteiger partial charge on any atom is 0.312 e. The highest BCUT2D eigenvalue weighted by atomic mass is 19.1. The van der Waals surface area contributed by atoms with Crippen LogP contribution in [0.5, 0.6) is 11.5 Å². The van der Waals surface area contributed by atoms with E-state index in [4.69, 9.17) is 15.2 Å². The second-order valence-electron chi connectivity index (χ2n) is 4.89. The lowest BCUT2D eigenvalue weighted by Gasteiger charge is -2.22. The molecule has 0 fully saturated rings. The van der Waals surface area contributed by atoms with Crippen molar-refractivity contribution in [2.75, 3.05) is 20.8 Å². The van der Waals surface area contributed by atoms with Crippen LogP contribution in [-0.2, 0) is 10.5 Å². The van der Waals surface area contributed by atoms with Crippen LogP contribution in [0.4, 0.5) is 4.39 Å². The third-order valence-electron chi connectivity index (χ3n) is 3.10. The van der Waals surface area contributed by atoms with E-state index < -0.39 is 17.6 Å². The molecule has 5 nitrogen and oxygen atoms in total. The van der Waals surface area contributed by atoms with E-state index in [2.05, 4.69) is 0 Å². The molecule has 1 rings (SSSR count). The lowest BCUT2D eigenvalue weighted by molar-refractivity contribution is -0.138. The molecule has 0 bridgehead atoms. The highest BCUT2D eigenvalue weighted by Crippen LogP contribution is 2.40. The van der Waals surface area contributed by atoms with E-state index in [9.17, 15) is 14.3 Å². The van der Waals surface area contributed by atoms with Crippen molar-refractivity contribution in [2.45, 2.75) is 25.4 Å². The predicted molar refractivity (Wildman–Crippen MR) is 73.1 cm³/mol. The van der Waals surface area contributed by atoms with Crippen molar-refractivity contribution < 1.29 is 23.8 Å². The van der Waals surface area contributed by atoms with Crippen molar-refractivity contribution in [1.82, 2.24) is 0 Å². The van der Waals surface area contributed by atoms with Gasteiger partial charge < -0.3 is 20.3 Å². The molecule has 0 saturated carbocycles. The number of carbonyl (C=O) groups is 1. The number of alkyl halides is 1. The Morgan fingerprint density at radius 2 is 1.90 bits per heavy atom. The molecule has 0 radical (unpaired) electrons. The Morgan fingerprint density at radius 1 is 1.35 bits per heavy atom. The van der Waals surface area contributed by atoms with E-state index in [1.807, 2.05) is 0 Å². The van der Waals surface area contributed by atoms with Gasteiger partial charge in [0.15, 0.2) is 0 Å². The quantitative estimate of drug-likeness (QED) is 0.835. The number of carboxylic acid groups (broad SMARTS) is 1. The molecule has 1 unspecified atom stereocenters. The zero-order valence-corrected chi connectivity index (χ0v) is 12.1. The molecule has 0 aliphatic heterocycles. The second-order valence-corrected chi connectivity index (χ2v) is 4.89. The van der Waals surface area contributed by atoms with Gasteiger partial charge in [-0.15, -0.1) is 0 Å². The van der Waals surface area contributed by atoms with E-state index in [0.717, 1.165) is 0 Å². The monoisotopic (exact) mass is 285 g/mol. The van der Waals surface area contributed by atoms with Crippen LogP contribution in [-0.4, -0.2) is 31.8 Å². The number of nitrogens with two attached hydrogens (primary N) is 1. The molecular weight excluding hydrogens is 265 g/mol. The third-order valence-corrected chi connectivity index (χ3v) is 3.10. The Labute approximate surface area is 117 Å². The summed E-state index contributed by atoms with van der Waals surface area (Å²) in [6.45, 7) is 2.69. The molecule has 6 heteroatoms. The number of methoxy groups -OCH3 is 2. The fourth-order valence-corrected chi connectivity index (χ4v) is 2.02. The van der Waals surface area contributed by atoms with Crippen LogP contribution in [0.25, 0.3) is 0 Å². The normalized spacial score (nSPS) is 12.9. The lowest BCUT2D eigenvalue weighted by atomic mass is 9.92. The number of benzene rings is 1. The average Bonchev–Trinajstić information content (AvgIpc) is 2.37. The summed E-state index contributed by atoms with van der Waals surface area (Å²) in [5.74, 6) is -1.45. The van der Waals surface area contributed by atoms with Gasteiger partial charge in [-0.25, -0.2) is 4.39 Å². The molecule has 0 heterocycles. The Hall–Kier alpha value is -1.82. The minimum absolute atomic E-state index is 0.0901. The molecule has 0 aliphatic carbocycles. The molecule has 20 heavy (non-hydrogen) atoms. The molecule has 1 aromatic carbocycles. The van der Waals surface area contributed by atoms with E-state index >= 15 is 0 Å². The van der Waals surface area contributed by atoms with Crippen molar-refractivity contribution >= 4 is 5.97 Å². The Balaban J connectivity index is 3.51. The Bertz CT molecular complexity index is 497. The van der Waals surface area contributed by atoms with Crippen LogP contribution in [0.3, 0.4) is 0 Å². The molecular formula is C14H20FNO4. The maximum absolute atomic E-state index is 14.2. The van der Waals surface area contributed by atoms with E-state index in [0.29, 0.717) is 11.1 Å². The van der Waals surface area contributed by atoms with Gasteiger partial charge in [-0.05, 0) is 26.0 Å². The first-order valence-electron chi connectivity index (χ1n) is 6.14. The van der Waals surface area contributed by atoms with Gasteiger partial charge in [0, 0.05) is 17.7 Å². The Morgan fingerprint density at radius 3 is 2.25 bits per heavy atom. The van der Waals surface area contributed by atoms with Crippen molar-refractivity contribution in [3.63, 3.8) is 0 Å². The van der Waals surface area contributed by atoms with Gasteiger partial charge in [0.1, 0.15) is 17.2 Å². The summed E-state index contributed by atoms with van der Waals surface area (Å²) in [6, 6.07) is 2.93. The maximum atomic E-state index is 14.2. The summed E-state index contributed by atoms with van der Waals surface area (Å²) in [4.78, 5) is 11.2. The van der Waals surface area contributed by atoms with Crippen molar-refractivity contribution in [3.8, 4) is 11.5 Å². The summed E-state index contributed by atoms with van der Waals surface area (Å²) in [5.41, 5.74) is 4.51. The summed E-state index contributed by atoms with van der Waals surface area (Å²) >= 11 is 0. The van der Waals surface area contributed by atoms with Crippen LogP contribution in [0, 0.1) is 0 Å². The van der Waals surface area contributed by atoms with Gasteiger partial charge in [0.2, 0.25) is 0 Å². The largest absolute Gasteiger partial charge is 0.496 e. The van der Waals surface area contributed by atoms with E-state index in [-0.39, 0.29) is 18.0 Å². The first-order valence-corrected chi connectivity index (χ1v) is 6.14. The molecule has 0 spiro atoms. The molecule has 0 aromatic heterocycles. The first-order chi connectivity index (χ1) is 9.26. The molecule has 0 aliphatic rings. The van der Waals surface area contributed by atoms with E-state index in [1.165, 1.54) is 40.2 Å². The number of ether oxygens (including phenoxy) is 2. The van der Waals surface area contributed by atoms with Crippen molar-refractivity contribution in [3.05, 3.63) is 23.3 Å².